The number of aromatic nitrogens is 2. The van der Waals surface area contributed by atoms with Gasteiger partial charge in [0.1, 0.15) is 23.7 Å². The molecule has 0 aliphatic carbocycles. The Labute approximate surface area is 148 Å². The molecular formula is C18H19N3O5. The van der Waals surface area contributed by atoms with Crippen molar-refractivity contribution in [3.63, 3.8) is 0 Å². The minimum Gasteiger partial charge on any atom is -0.467 e. The Kier molecular flexibility index (Phi) is 4.75. The van der Waals surface area contributed by atoms with Crippen molar-refractivity contribution < 1.29 is 18.7 Å². The second-order valence-electron chi connectivity index (χ2n) is 6.27. The van der Waals surface area contributed by atoms with Crippen LogP contribution in [0.5, 0.6) is 0 Å². The van der Waals surface area contributed by atoms with E-state index >= 15 is 0 Å². The van der Waals surface area contributed by atoms with Gasteiger partial charge in [-0.15, -0.1) is 0 Å². The molecule has 3 rings (SSSR count). The van der Waals surface area contributed by atoms with Gasteiger partial charge in [-0.1, -0.05) is 26.0 Å². The summed E-state index contributed by atoms with van der Waals surface area (Å²) in [6.07, 6.45) is 1.30. The molecule has 0 saturated heterocycles. The molecule has 0 aliphatic heterocycles. The van der Waals surface area contributed by atoms with E-state index in [1.807, 2.05) is 12.1 Å². The lowest BCUT2D eigenvalue weighted by Crippen LogP contribution is -2.46. The van der Waals surface area contributed by atoms with Crippen molar-refractivity contribution in [2.24, 2.45) is 5.92 Å². The van der Waals surface area contributed by atoms with Gasteiger partial charge < -0.3 is 14.5 Å². The molecule has 1 N–H and O–H groups in total. The number of nitrogens with zero attached hydrogens (tertiary/aromatic N) is 2. The number of rotatable bonds is 5. The number of ether oxygens (including phenoxy) is 1. The molecule has 0 aliphatic rings. The molecule has 1 aromatic carbocycles. The summed E-state index contributed by atoms with van der Waals surface area (Å²) >= 11 is 0. The summed E-state index contributed by atoms with van der Waals surface area (Å²) < 4.78 is 11.4. The predicted octanol–water partition coefficient (Wildman–Crippen LogP) is 1.46. The average Bonchev–Trinajstić information content (AvgIpc) is 3.00. The number of methoxy groups -OCH3 is 1. The smallest absolute Gasteiger partial charge is 0.328 e. The van der Waals surface area contributed by atoms with Crippen LogP contribution in [0.1, 0.15) is 13.8 Å². The number of carbonyl (C=O) groups excluding carboxylic acids is 2. The summed E-state index contributed by atoms with van der Waals surface area (Å²) in [6.45, 7) is 3.30. The Morgan fingerprint density at radius 3 is 2.73 bits per heavy atom. The SMILES string of the molecule is COC(=O)C(NC(=O)Cn1cnc2c(oc3ccccc32)c1=O)C(C)C. The first-order valence-electron chi connectivity index (χ1n) is 8.16. The van der Waals surface area contributed by atoms with E-state index in [0.717, 1.165) is 9.95 Å². The van der Waals surface area contributed by atoms with Gasteiger partial charge in [0.15, 0.2) is 0 Å². The van der Waals surface area contributed by atoms with Crippen molar-refractivity contribution in [3.05, 3.63) is 40.9 Å². The maximum atomic E-state index is 12.6. The van der Waals surface area contributed by atoms with Crippen LogP contribution in [0, 0.1) is 5.92 Å². The lowest BCUT2D eigenvalue weighted by molar-refractivity contribution is -0.146. The Morgan fingerprint density at radius 1 is 1.31 bits per heavy atom. The highest BCUT2D eigenvalue weighted by Gasteiger charge is 2.25. The summed E-state index contributed by atoms with van der Waals surface area (Å²) in [6, 6.07) is 6.41. The molecule has 0 radical (unpaired) electrons. The number of hydrogen-bond acceptors (Lipinski definition) is 6. The van der Waals surface area contributed by atoms with Crippen LogP contribution in [0.15, 0.2) is 39.8 Å². The maximum Gasteiger partial charge on any atom is 0.328 e. The van der Waals surface area contributed by atoms with E-state index in [1.54, 1.807) is 26.0 Å². The third-order valence-electron chi connectivity index (χ3n) is 4.10. The number of esters is 1. The van der Waals surface area contributed by atoms with Gasteiger partial charge in [-0.2, -0.15) is 0 Å². The molecule has 2 heterocycles. The number of benzene rings is 1. The van der Waals surface area contributed by atoms with Crippen molar-refractivity contribution in [2.75, 3.05) is 7.11 Å². The summed E-state index contributed by atoms with van der Waals surface area (Å²) in [7, 11) is 1.26. The average molecular weight is 357 g/mol. The van der Waals surface area contributed by atoms with Crippen LogP contribution >= 0.6 is 0 Å². The van der Waals surface area contributed by atoms with Gasteiger partial charge in [-0.25, -0.2) is 9.78 Å². The first-order chi connectivity index (χ1) is 12.4. The largest absolute Gasteiger partial charge is 0.467 e. The van der Waals surface area contributed by atoms with Crippen LogP contribution in [0.3, 0.4) is 0 Å². The van der Waals surface area contributed by atoms with Crippen LogP contribution in [-0.2, 0) is 20.9 Å². The normalized spacial score (nSPS) is 12.5. The second-order valence-corrected chi connectivity index (χ2v) is 6.27. The number of nitrogens with one attached hydrogen (secondary N) is 1. The summed E-state index contributed by atoms with van der Waals surface area (Å²) in [5, 5.41) is 3.32. The van der Waals surface area contributed by atoms with E-state index in [1.165, 1.54) is 13.4 Å². The van der Waals surface area contributed by atoms with Crippen molar-refractivity contribution in [2.45, 2.75) is 26.4 Å². The topological polar surface area (TPSA) is 103 Å². The molecule has 2 aromatic heterocycles. The monoisotopic (exact) mass is 357 g/mol. The van der Waals surface area contributed by atoms with E-state index in [9.17, 15) is 14.4 Å². The van der Waals surface area contributed by atoms with Gasteiger partial charge in [-0.3, -0.25) is 14.2 Å². The van der Waals surface area contributed by atoms with Gasteiger partial charge in [0.2, 0.25) is 11.5 Å². The van der Waals surface area contributed by atoms with Gasteiger partial charge in [0, 0.05) is 5.39 Å². The molecule has 0 saturated carbocycles. The van der Waals surface area contributed by atoms with E-state index in [0.29, 0.717) is 11.1 Å². The third kappa shape index (κ3) is 3.17. The first-order valence-corrected chi connectivity index (χ1v) is 8.16. The second kappa shape index (κ2) is 6.99. The van der Waals surface area contributed by atoms with Gasteiger partial charge in [0.25, 0.3) is 5.56 Å². The van der Waals surface area contributed by atoms with Crippen LogP contribution < -0.4 is 10.9 Å². The number of amides is 1. The van der Waals surface area contributed by atoms with Crippen molar-refractivity contribution in [1.82, 2.24) is 14.9 Å². The Balaban J connectivity index is 1.88. The Hall–Kier alpha value is -3.16. The summed E-state index contributed by atoms with van der Waals surface area (Å²) in [5.74, 6) is -1.18. The molecule has 1 atom stereocenters. The van der Waals surface area contributed by atoms with Gasteiger partial charge in [0.05, 0.1) is 13.4 Å². The van der Waals surface area contributed by atoms with Crippen LogP contribution in [0.4, 0.5) is 0 Å². The standard InChI is InChI=1S/C18H19N3O5/c1-10(2)14(18(24)25-3)20-13(22)8-21-9-19-15-11-6-4-5-7-12(11)26-16(15)17(21)23/h4-7,9-10,14H,8H2,1-3H3,(H,20,22). The first kappa shape index (κ1) is 17.7. The highest BCUT2D eigenvalue weighted by molar-refractivity contribution is 6.01. The number of para-hydroxylation sites is 1. The Morgan fingerprint density at radius 2 is 2.04 bits per heavy atom. The minimum absolute atomic E-state index is 0.0925. The molecule has 0 fully saturated rings. The van der Waals surface area contributed by atoms with Gasteiger partial charge in [-0.05, 0) is 18.1 Å². The molecule has 0 bridgehead atoms. The van der Waals surface area contributed by atoms with Crippen molar-refractivity contribution in [3.8, 4) is 0 Å². The number of fused-ring (bicyclic) bond motifs is 3. The highest BCUT2D eigenvalue weighted by Crippen LogP contribution is 2.23. The van der Waals surface area contributed by atoms with E-state index in [-0.39, 0.29) is 18.0 Å². The fourth-order valence-corrected chi connectivity index (χ4v) is 2.73. The number of furan rings is 1. The lowest BCUT2D eigenvalue weighted by atomic mass is 10.0. The summed E-state index contributed by atoms with van der Waals surface area (Å²) in [4.78, 5) is 40.9. The third-order valence-corrected chi connectivity index (χ3v) is 4.10. The molecule has 1 unspecified atom stereocenters. The zero-order valence-electron chi connectivity index (χ0n) is 14.7. The predicted molar refractivity (Wildman–Crippen MR) is 94.6 cm³/mol. The zero-order valence-corrected chi connectivity index (χ0v) is 14.7. The van der Waals surface area contributed by atoms with Crippen LogP contribution in [0.25, 0.3) is 22.1 Å². The molecule has 8 heteroatoms. The highest BCUT2D eigenvalue weighted by atomic mass is 16.5. The van der Waals surface area contributed by atoms with Crippen molar-refractivity contribution in [1.29, 1.82) is 0 Å². The van der Waals surface area contributed by atoms with Crippen LogP contribution in [-0.4, -0.2) is 34.6 Å². The Bertz CT molecular complexity index is 1030. The molecule has 8 nitrogen and oxygen atoms in total. The number of hydrogen-bond donors (Lipinski definition) is 1. The number of carbonyl (C=O) groups is 2. The molecular weight excluding hydrogens is 338 g/mol. The fraction of sp³-hybridized carbons (Fsp3) is 0.333. The van der Waals surface area contributed by atoms with E-state index in [4.69, 9.17) is 9.15 Å². The van der Waals surface area contributed by atoms with E-state index < -0.39 is 23.5 Å². The molecule has 26 heavy (non-hydrogen) atoms. The van der Waals surface area contributed by atoms with Gasteiger partial charge >= 0.3 is 5.97 Å². The molecule has 1 amide bonds. The van der Waals surface area contributed by atoms with Crippen molar-refractivity contribution >= 4 is 33.9 Å². The maximum absolute atomic E-state index is 12.6. The molecule has 0 spiro atoms. The minimum atomic E-state index is -0.786. The zero-order chi connectivity index (χ0) is 18.8. The molecule has 136 valence electrons. The molecule has 3 aromatic rings. The fourth-order valence-electron chi connectivity index (χ4n) is 2.73. The van der Waals surface area contributed by atoms with Crippen LogP contribution in [0.2, 0.25) is 0 Å². The van der Waals surface area contributed by atoms with E-state index in [2.05, 4.69) is 10.3 Å². The quantitative estimate of drug-likeness (QED) is 0.693. The summed E-state index contributed by atoms with van der Waals surface area (Å²) in [5.41, 5.74) is 0.645. The lowest BCUT2D eigenvalue weighted by Gasteiger charge is -2.19.